The Bertz CT molecular complexity index is 913. The van der Waals surface area contributed by atoms with Crippen LogP contribution in [0.15, 0.2) is 53.3 Å². The molecule has 0 fully saturated rings. The lowest BCUT2D eigenvalue weighted by Gasteiger charge is -2.09. The molecule has 3 rings (SSSR count). The van der Waals surface area contributed by atoms with Crippen molar-refractivity contribution < 1.29 is 9.50 Å². The minimum Gasteiger partial charge on any atom is -0.493 e. The molecule has 0 aliphatic carbocycles. The van der Waals surface area contributed by atoms with Crippen molar-refractivity contribution in [2.24, 2.45) is 0 Å². The molecule has 0 aliphatic rings. The molecule has 1 aromatic heterocycles. The van der Waals surface area contributed by atoms with E-state index >= 15 is 0 Å². The monoisotopic (exact) mass is 331 g/mol. The average Bonchev–Trinajstić information content (AvgIpc) is 2.50. The molecular formula is C16H11ClFN3O2. The average molecular weight is 332 g/mol. The van der Waals surface area contributed by atoms with E-state index in [4.69, 9.17) is 11.6 Å². The smallest absolute Gasteiger partial charge is 0.264 e. The van der Waals surface area contributed by atoms with Crippen LogP contribution in [0.2, 0.25) is 5.02 Å². The van der Waals surface area contributed by atoms with E-state index in [0.29, 0.717) is 5.69 Å². The zero-order valence-corrected chi connectivity index (χ0v) is 12.4. The number of halogens is 2. The molecule has 0 saturated carbocycles. The summed E-state index contributed by atoms with van der Waals surface area (Å²) in [6.45, 7) is 0. The Balaban J connectivity index is 2.03. The van der Waals surface area contributed by atoms with Gasteiger partial charge in [0.25, 0.3) is 5.56 Å². The van der Waals surface area contributed by atoms with Gasteiger partial charge >= 0.3 is 0 Å². The zero-order valence-electron chi connectivity index (χ0n) is 11.7. The standard InChI is InChI=1S/C16H11ClFN3O2/c17-9-6-7-11(12(18)8-9)13-14(22)20-16(21-15(13)23)19-10-4-2-1-3-5-10/h1-8H,(H3,19,20,21,22,23). The summed E-state index contributed by atoms with van der Waals surface area (Å²) in [5.41, 5.74) is -0.317. The maximum atomic E-state index is 14.0. The van der Waals surface area contributed by atoms with Gasteiger partial charge in [-0.1, -0.05) is 29.8 Å². The summed E-state index contributed by atoms with van der Waals surface area (Å²) in [6, 6.07) is 12.8. The molecule has 3 N–H and O–H groups in total. The van der Waals surface area contributed by atoms with Gasteiger partial charge in [-0.15, -0.1) is 0 Å². The number of aromatic nitrogens is 2. The van der Waals surface area contributed by atoms with E-state index in [2.05, 4.69) is 15.3 Å². The van der Waals surface area contributed by atoms with Gasteiger partial charge in [-0.05, 0) is 30.3 Å². The highest BCUT2D eigenvalue weighted by Gasteiger charge is 2.17. The van der Waals surface area contributed by atoms with Crippen LogP contribution in [0.5, 0.6) is 5.88 Å². The molecule has 5 nitrogen and oxygen atoms in total. The Hall–Kier alpha value is -2.86. The third kappa shape index (κ3) is 3.17. The second-order valence-electron chi connectivity index (χ2n) is 4.73. The molecule has 0 unspecified atom stereocenters. The van der Waals surface area contributed by atoms with Crippen LogP contribution in [0.1, 0.15) is 0 Å². The van der Waals surface area contributed by atoms with Gasteiger partial charge in [0.05, 0.1) is 0 Å². The van der Waals surface area contributed by atoms with E-state index in [1.807, 2.05) is 6.07 Å². The summed E-state index contributed by atoms with van der Waals surface area (Å²) in [7, 11) is 0. The number of aromatic amines is 1. The van der Waals surface area contributed by atoms with E-state index in [9.17, 15) is 14.3 Å². The number of nitrogens with zero attached hydrogens (tertiary/aromatic N) is 1. The van der Waals surface area contributed by atoms with Gasteiger partial charge in [0, 0.05) is 16.3 Å². The van der Waals surface area contributed by atoms with E-state index < -0.39 is 17.3 Å². The van der Waals surface area contributed by atoms with Crippen LogP contribution in [0.3, 0.4) is 0 Å². The highest BCUT2D eigenvalue weighted by Crippen LogP contribution is 2.28. The third-order valence-corrected chi connectivity index (χ3v) is 3.37. The van der Waals surface area contributed by atoms with E-state index in [1.165, 1.54) is 12.1 Å². The SMILES string of the molecule is O=c1[nH]c(Nc2ccccc2)nc(O)c1-c1ccc(Cl)cc1F. The second kappa shape index (κ2) is 6.10. The van der Waals surface area contributed by atoms with E-state index in [0.717, 1.165) is 6.07 Å². The number of anilines is 2. The number of para-hydroxylation sites is 1. The molecule has 0 spiro atoms. The number of H-pyrrole nitrogens is 1. The van der Waals surface area contributed by atoms with Crippen molar-refractivity contribution in [1.82, 2.24) is 9.97 Å². The predicted molar refractivity (Wildman–Crippen MR) is 86.7 cm³/mol. The molecule has 0 radical (unpaired) electrons. The van der Waals surface area contributed by atoms with Crippen LogP contribution in [0.4, 0.5) is 16.0 Å². The Morgan fingerprint density at radius 1 is 1.17 bits per heavy atom. The Morgan fingerprint density at radius 3 is 2.57 bits per heavy atom. The summed E-state index contributed by atoms with van der Waals surface area (Å²) < 4.78 is 14.0. The molecule has 2 aromatic carbocycles. The quantitative estimate of drug-likeness (QED) is 0.684. The molecule has 23 heavy (non-hydrogen) atoms. The Morgan fingerprint density at radius 2 is 1.91 bits per heavy atom. The highest BCUT2D eigenvalue weighted by molar-refractivity contribution is 6.30. The number of rotatable bonds is 3. The summed E-state index contributed by atoms with van der Waals surface area (Å²) in [4.78, 5) is 18.5. The van der Waals surface area contributed by atoms with Crippen molar-refractivity contribution in [2.75, 3.05) is 5.32 Å². The van der Waals surface area contributed by atoms with Crippen LogP contribution in [0.25, 0.3) is 11.1 Å². The normalized spacial score (nSPS) is 10.5. The fourth-order valence-corrected chi connectivity index (χ4v) is 2.27. The highest BCUT2D eigenvalue weighted by atomic mass is 35.5. The molecule has 0 bridgehead atoms. The lowest BCUT2D eigenvalue weighted by molar-refractivity contribution is 0.454. The van der Waals surface area contributed by atoms with Crippen LogP contribution in [-0.4, -0.2) is 15.1 Å². The van der Waals surface area contributed by atoms with Crippen LogP contribution in [0, 0.1) is 5.82 Å². The third-order valence-electron chi connectivity index (χ3n) is 3.14. The molecule has 0 aliphatic heterocycles. The largest absolute Gasteiger partial charge is 0.493 e. The molecular weight excluding hydrogens is 321 g/mol. The van der Waals surface area contributed by atoms with Gasteiger partial charge < -0.3 is 10.4 Å². The van der Waals surface area contributed by atoms with Gasteiger partial charge in [-0.2, -0.15) is 4.98 Å². The maximum Gasteiger partial charge on any atom is 0.264 e. The Labute approximate surface area is 135 Å². The van der Waals surface area contributed by atoms with Gasteiger partial charge in [0.2, 0.25) is 11.8 Å². The topological polar surface area (TPSA) is 78.0 Å². The minimum absolute atomic E-state index is 0.0526. The van der Waals surface area contributed by atoms with Gasteiger partial charge in [0.15, 0.2) is 0 Å². The van der Waals surface area contributed by atoms with Crippen molar-refractivity contribution in [2.45, 2.75) is 0 Å². The van der Waals surface area contributed by atoms with Crippen LogP contribution in [-0.2, 0) is 0 Å². The molecule has 0 atom stereocenters. The fraction of sp³-hybridized carbons (Fsp3) is 0. The second-order valence-corrected chi connectivity index (χ2v) is 5.16. The van der Waals surface area contributed by atoms with Crippen LogP contribution < -0.4 is 10.9 Å². The summed E-state index contributed by atoms with van der Waals surface area (Å²) >= 11 is 5.69. The first-order valence-electron chi connectivity index (χ1n) is 6.65. The van der Waals surface area contributed by atoms with E-state index in [-0.39, 0.29) is 22.1 Å². The van der Waals surface area contributed by atoms with Gasteiger partial charge in [0.1, 0.15) is 11.4 Å². The molecule has 7 heteroatoms. The molecule has 0 saturated heterocycles. The van der Waals surface area contributed by atoms with Gasteiger partial charge in [-0.25, -0.2) is 4.39 Å². The lowest BCUT2D eigenvalue weighted by Crippen LogP contribution is -2.14. The van der Waals surface area contributed by atoms with Crippen molar-refractivity contribution in [3.8, 4) is 17.0 Å². The van der Waals surface area contributed by atoms with Crippen molar-refractivity contribution >= 4 is 23.2 Å². The fourth-order valence-electron chi connectivity index (χ4n) is 2.11. The lowest BCUT2D eigenvalue weighted by atomic mass is 10.1. The maximum absolute atomic E-state index is 14.0. The van der Waals surface area contributed by atoms with Crippen molar-refractivity contribution in [3.63, 3.8) is 0 Å². The molecule has 1 heterocycles. The predicted octanol–water partition coefficient (Wildman–Crippen LogP) is 3.68. The van der Waals surface area contributed by atoms with E-state index in [1.54, 1.807) is 24.3 Å². The van der Waals surface area contributed by atoms with Crippen molar-refractivity contribution in [3.05, 3.63) is 69.7 Å². The number of benzene rings is 2. The molecule has 3 aromatic rings. The summed E-state index contributed by atoms with van der Waals surface area (Å²) in [5.74, 6) is -1.24. The molecule has 0 amide bonds. The Kier molecular flexibility index (Phi) is 3.99. The van der Waals surface area contributed by atoms with Crippen molar-refractivity contribution in [1.29, 1.82) is 0 Å². The number of aromatic hydroxyl groups is 1. The molecule has 116 valence electrons. The number of nitrogens with one attached hydrogen (secondary N) is 2. The number of hydrogen-bond donors (Lipinski definition) is 3. The van der Waals surface area contributed by atoms with Gasteiger partial charge in [-0.3, -0.25) is 9.78 Å². The number of hydrogen-bond acceptors (Lipinski definition) is 4. The van der Waals surface area contributed by atoms with Crippen LogP contribution >= 0.6 is 11.6 Å². The first kappa shape index (κ1) is 15.1. The summed E-state index contributed by atoms with van der Waals surface area (Å²) in [6.07, 6.45) is 0. The minimum atomic E-state index is -0.719. The summed E-state index contributed by atoms with van der Waals surface area (Å²) in [5, 5.41) is 13.1. The first-order chi connectivity index (χ1) is 11.0. The first-order valence-corrected chi connectivity index (χ1v) is 7.03. The zero-order chi connectivity index (χ0) is 16.4.